The van der Waals surface area contributed by atoms with Crippen LogP contribution in [-0.4, -0.2) is 41.3 Å². The number of nitrogens with two attached hydrogens (primary N) is 1. The molecule has 0 radical (unpaired) electrons. The highest BCUT2D eigenvalue weighted by atomic mass is 32.1. The Kier molecular flexibility index (Phi) is 5.72. The van der Waals surface area contributed by atoms with Gasteiger partial charge in [-0.05, 0) is 33.1 Å². The van der Waals surface area contributed by atoms with Crippen LogP contribution in [0.5, 0.6) is 0 Å². The second-order valence-electron chi connectivity index (χ2n) is 5.44. The number of rotatable bonds is 5. The van der Waals surface area contributed by atoms with Gasteiger partial charge < -0.3 is 16.0 Å². The van der Waals surface area contributed by atoms with E-state index in [1.54, 1.807) is 13.8 Å². The summed E-state index contributed by atoms with van der Waals surface area (Å²) in [6, 6.07) is 0. The zero-order valence-electron chi connectivity index (χ0n) is 11.7. The van der Waals surface area contributed by atoms with Crippen LogP contribution in [-0.2, 0) is 9.59 Å². The van der Waals surface area contributed by atoms with E-state index in [1.807, 2.05) is 4.90 Å². The van der Waals surface area contributed by atoms with Crippen LogP contribution in [0.4, 0.5) is 0 Å². The third kappa shape index (κ3) is 4.45. The molecule has 0 bridgehead atoms. The number of hydrogen-bond donors (Lipinski definition) is 2. The van der Waals surface area contributed by atoms with E-state index in [0.29, 0.717) is 13.0 Å². The summed E-state index contributed by atoms with van der Waals surface area (Å²) in [6.45, 7) is 5.37. The van der Waals surface area contributed by atoms with Gasteiger partial charge in [0, 0.05) is 26.1 Å². The van der Waals surface area contributed by atoms with E-state index in [0.717, 1.165) is 25.9 Å². The first-order chi connectivity index (χ1) is 8.85. The van der Waals surface area contributed by atoms with E-state index < -0.39 is 5.41 Å². The van der Waals surface area contributed by atoms with Gasteiger partial charge in [0.25, 0.3) is 0 Å². The summed E-state index contributed by atoms with van der Waals surface area (Å²) < 4.78 is 0. The standard InChI is InChI=1S/C13H23N3O2S/c1-13(2,11(14)19)12(18)15-7-6-10(17)16-8-4-3-5-9-16/h3-9H2,1-2H3,(H2,14,19)(H,15,18). The van der Waals surface area contributed by atoms with Crippen molar-refractivity contribution in [1.82, 2.24) is 10.2 Å². The first kappa shape index (κ1) is 15.9. The van der Waals surface area contributed by atoms with E-state index in [4.69, 9.17) is 18.0 Å². The lowest BCUT2D eigenvalue weighted by atomic mass is 9.92. The van der Waals surface area contributed by atoms with E-state index in [1.165, 1.54) is 6.42 Å². The molecular formula is C13H23N3O2S. The number of nitrogens with zero attached hydrogens (tertiary/aromatic N) is 1. The second-order valence-corrected chi connectivity index (χ2v) is 5.88. The van der Waals surface area contributed by atoms with Gasteiger partial charge in [0.15, 0.2) is 0 Å². The maximum atomic E-state index is 11.9. The molecule has 0 aromatic heterocycles. The van der Waals surface area contributed by atoms with E-state index in [2.05, 4.69) is 5.32 Å². The molecule has 5 nitrogen and oxygen atoms in total. The van der Waals surface area contributed by atoms with Gasteiger partial charge in [0.2, 0.25) is 11.8 Å². The van der Waals surface area contributed by atoms with Crippen molar-refractivity contribution >= 4 is 29.0 Å². The topological polar surface area (TPSA) is 75.4 Å². The fourth-order valence-electron chi connectivity index (χ4n) is 1.92. The van der Waals surface area contributed by atoms with Gasteiger partial charge in [-0.15, -0.1) is 0 Å². The van der Waals surface area contributed by atoms with Crippen molar-refractivity contribution in [2.75, 3.05) is 19.6 Å². The number of piperidine rings is 1. The van der Waals surface area contributed by atoms with Crippen molar-refractivity contribution < 1.29 is 9.59 Å². The summed E-state index contributed by atoms with van der Waals surface area (Å²) in [6.07, 6.45) is 3.68. The molecule has 1 heterocycles. The molecule has 1 aliphatic heterocycles. The Bertz CT molecular complexity index is 363. The zero-order valence-corrected chi connectivity index (χ0v) is 12.5. The minimum absolute atomic E-state index is 0.105. The molecule has 1 rings (SSSR count). The molecule has 0 aliphatic carbocycles. The lowest BCUT2D eigenvalue weighted by molar-refractivity contribution is -0.132. The lowest BCUT2D eigenvalue weighted by Gasteiger charge is -2.27. The van der Waals surface area contributed by atoms with Crippen LogP contribution in [0.25, 0.3) is 0 Å². The number of thiocarbonyl (C=S) groups is 1. The maximum absolute atomic E-state index is 11.9. The molecule has 19 heavy (non-hydrogen) atoms. The molecule has 0 spiro atoms. The summed E-state index contributed by atoms with van der Waals surface area (Å²) in [5.41, 5.74) is 4.64. The highest BCUT2D eigenvalue weighted by Crippen LogP contribution is 2.15. The van der Waals surface area contributed by atoms with Crippen molar-refractivity contribution in [3.05, 3.63) is 0 Å². The summed E-state index contributed by atoms with van der Waals surface area (Å²) in [4.78, 5) is 25.8. The third-order valence-electron chi connectivity index (χ3n) is 3.52. The molecule has 1 aliphatic rings. The summed E-state index contributed by atoms with van der Waals surface area (Å²) in [5.74, 6) is -0.125. The molecule has 0 aromatic carbocycles. The zero-order chi connectivity index (χ0) is 14.5. The maximum Gasteiger partial charge on any atom is 0.232 e. The molecule has 0 saturated carbocycles. The molecule has 1 fully saturated rings. The SMILES string of the molecule is CC(C)(C(=O)NCCC(=O)N1CCCCC1)C(N)=S. The quantitative estimate of drug-likeness (QED) is 0.733. The lowest BCUT2D eigenvalue weighted by Crippen LogP contribution is -2.46. The molecular weight excluding hydrogens is 262 g/mol. The Balaban J connectivity index is 2.31. The molecule has 1 saturated heterocycles. The van der Waals surface area contributed by atoms with Gasteiger partial charge in [-0.3, -0.25) is 9.59 Å². The number of carbonyl (C=O) groups excluding carboxylic acids is 2. The first-order valence-corrected chi connectivity index (χ1v) is 7.12. The number of likely N-dealkylation sites (tertiary alicyclic amines) is 1. The van der Waals surface area contributed by atoms with Crippen molar-refractivity contribution in [3.8, 4) is 0 Å². The largest absolute Gasteiger partial charge is 0.392 e. The molecule has 3 N–H and O–H groups in total. The number of hydrogen-bond acceptors (Lipinski definition) is 3. The predicted molar refractivity (Wildman–Crippen MR) is 78.6 cm³/mol. The van der Waals surface area contributed by atoms with E-state index in [9.17, 15) is 9.59 Å². The highest BCUT2D eigenvalue weighted by molar-refractivity contribution is 7.80. The number of amides is 2. The Morgan fingerprint density at radius 2 is 1.84 bits per heavy atom. The first-order valence-electron chi connectivity index (χ1n) is 6.71. The molecule has 6 heteroatoms. The van der Waals surface area contributed by atoms with Gasteiger partial charge in [0.1, 0.15) is 0 Å². The van der Waals surface area contributed by atoms with Crippen LogP contribution in [0.2, 0.25) is 0 Å². The van der Waals surface area contributed by atoms with Gasteiger partial charge >= 0.3 is 0 Å². The van der Waals surface area contributed by atoms with Crippen LogP contribution in [0.3, 0.4) is 0 Å². The predicted octanol–water partition coefficient (Wildman–Crippen LogP) is 0.818. The third-order valence-corrected chi connectivity index (χ3v) is 4.03. The highest BCUT2D eigenvalue weighted by Gasteiger charge is 2.30. The van der Waals surface area contributed by atoms with Crippen molar-refractivity contribution in [2.45, 2.75) is 39.5 Å². The van der Waals surface area contributed by atoms with Crippen molar-refractivity contribution in [2.24, 2.45) is 11.1 Å². The van der Waals surface area contributed by atoms with Crippen LogP contribution < -0.4 is 11.1 Å². The van der Waals surface area contributed by atoms with Crippen LogP contribution in [0.15, 0.2) is 0 Å². The summed E-state index contributed by atoms with van der Waals surface area (Å²) >= 11 is 4.85. The Hall–Kier alpha value is -1.17. The van der Waals surface area contributed by atoms with Crippen LogP contribution >= 0.6 is 12.2 Å². The minimum Gasteiger partial charge on any atom is -0.392 e. The normalized spacial score (nSPS) is 16.0. The smallest absolute Gasteiger partial charge is 0.232 e. The van der Waals surface area contributed by atoms with Crippen molar-refractivity contribution in [1.29, 1.82) is 0 Å². The Labute approximate surface area is 119 Å². The average molecular weight is 285 g/mol. The molecule has 2 amide bonds. The van der Waals surface area contributed by atoms with Gasteiger partial charge in [-0.25, -0.2) is 0 Å². The monoisotopic (exact) mass is 285 g/mol. The summed E-state index contributed by atoms with van der Waals surface area (Å²) in [5, 5.41) is 2.72. The number of carbonyl (C=O) groups is 2. The van der Waals surface area contributed by atoms with Gasteiger partial charge in [0.05, 0.1) is 10.4 Å². The Morgan fingerprint density at radius 1 is 1.26 bits per heavy atom. The minimum atomic E-state index is -0.872. The van der Waals surface area contributed by atoms with Crippen LogP contribution in [0, 0.1) is 5.41 Å². The van der Waals surface area contributed by atoms with Crippen molar-refractivity contribution in [3.63, 3.8) is 0 Å². The van der Waals surface area contributed by atoms with Gasteiger partial charge in [-0.1, -0.05) is 12.2 Å². The second kappa shape index (κ2) is 6.84. The summed E-state index contributed by atoms with van der Waals surface area (Å²) in [7, 11) is 0. The molecule has 108 valence electrons. The fourth-order valence-corrected chi connectivity index (χ4v) is 2.01. The molecule has 0 unspecified atom stereocenters. The number of nitrogens with one attached hydrogen (secondary N) is 1. The molecule has 0 atom stereocenters. The van der Waals surface area contributed by atoms with E-state index in [-0.39, 0.29) is 16.8 Å². The van der Waals surface area contributed by atoms with E-state index >= 15 is 0 Å². The van der Waals surface area contributed by atoms with Crippen LogP contribution in [0.1, 0.15) is 39.5 Å². The fraction of sp³-hybridized carbons (Fsp3) is 0.769. The average Bonchev–Trinajstić information content (AvgIpc) is 2.39. The molecule has 0 aromatic rings. The Morgan fingerprint density at radius 3 is 2.37 bits per heavy atom. The van der Waals surface area contributed by atoms with Gasteiger partial charge in [-0.2, -0.15) is 0 Å².